The number of benzene rings is 1. The van der Waals surface area contributed by atoms with Crippen molar-refractivity contribution in [3.63, 3.8) is 0 Å². The minimum Gasteiger partial charge on any atom is -0.384 e. The largest absolute Gasteiger partial charge is 0.384 e. The summed E-state index contributed by atoms with van der Waals surface area (Å²) in [6, 6.07) is 6.95. The molecule has 2 aliphatic rings. The average molecular weight is 244 g/mol. The summed E-state index contributed by atoms with van der Waals surface area (Å²) in [7, 11) is 0. The van der Waals surface area contributed by atoms with Crippen molar-refractivity contribution in [2.24, 2.45) is 11.8 Å². The Morgan fingerprint density at radius 1 is 1.39 bits per heavy atom. The molecule has 1 aromatic rings. The summed E-state index contributed by atoms with van der Waals surface area (Å²) in [5.74, 6) is 1.74. The minimum absolute atomic E-state index is 0.833. The highest BCUT2D eigenvalue weighted by Crippen LogP contribution is 2.27. The first kappa shape index (κ1) is 12.0. The molecule has 0 aromatic heterocycles. The Morgan fingerprint density at radius 2 is 2.28 bits per heavy atom. The van der Waals surface area contributed by atoms with Crippen LogP contribution in [-0.4, -0.2) is 24.5 Å². The van der Waals surface area contributed by atoms with Crippen molar-refractivity contribution in [2.45, 2.75) is 33.2 Å². The summed E-state index contributed by atoms with van der Waals surface area (Å²) in [6.07, 6.45) is 2.57. The van der Waals surface area contributed by atoms with Crippen molar-refractivity contribution in [1.29, 1.82) is 0 Å². The topological polar surface area (TPSA) is 15.3 Å². The van der Waals surface area contributed by atoms with Gasteiger partial charge in [0.15, 0.2) is 0 Å². The molecule has 3 rings (SSSR count). The van der Waals surface area contributed by atoms with Gasteiger partial charge in [0.2, 0.25) is 0 Å². The maximum absolute atomic E-state index is 3.43. The first-order valence-corrected chi connectivity index (χ1v) is 7.30. The number of rotatable bonds is 3. The first-order valence-electron chi connectivity index (χ1n) is 7.30. The van der Waals surface area contributed by atoms with Gasteiger partial charge in [-0.2, -0.15) is 0 Å². The molecule has 0 aliphatic carbocycles. The van der Waals surface area contributed by atoms with Crippen LogP contribution in [0.15, 0.2) is 18.2 Å². The van der Waals surface area contributed by atoms with Crippen molar-refractivity contribution >= 4 is 5.69 Å². The fraction of sp³-hybridized carbons (Fsp3) is 0.625. The van der Waals surface area contributed by atoms with E-state index in [2.05, 4.69) is 42.3 Å². The predicted molar refractivity (Wildman–Crippen MR) is 76.9 cm³/mol. The van der Waals surface area contributed by atoms with Crippen molar-refractivity contribution < 1.29 is 0 Å². The molecule has 1 aromatic carbocycles. The second-order valence-electron chi connectivity index (χ2n) is 6.20. The van der Waals surface area contributed by atoms with Crippen LogP contribution in [0.1, 0.15) is 31.4 Å². The highest BCUT2D eigenvalue weighted by molar-refractivity contribution is 5.56. The van der Waals surface area contributed by atoms with Crippen LogP contribution in [0.5, 0.6) is 0 Å². The molecular weight excluding hydrogens is 220 g/mol. The summed E-state index contributed by atoms with van der Waals surface area (Å²) in [4.78, 5) is 2.62. The molecule has 0 spiro atoms. The van der Waals surface area contributed by atoms with Crippen LogP contribution < -0.4 is 5.32 Å². The Kier molecular flexibility index (Phi) is 3.29. The molecule has 1 atom stereocenters. The van der Waals surface area contributed by atoms with Gasteiger partial charge in [-0.1, -0.05) is 26.0 Å². The van der Waals surface area contributed by atoms with Gasteiger partial charge in [0, 0.05) is 25.3 Å². The second-order valence-corrected chi connectivity index (χ2v) is 6.20. The van der Waals surface area contributed by atoms with Crippen molar-refractivity contribution in [3.05, 3.63) is 29.3 Å². The fourth-order valence-corrected chi connectivity index (χ4v) is 3.27. The van der Waals surface area contributed by atoms with Crippen molar-refractivity contribution in [1.82, 2.24) is 4.90 Å². The van der Waals surface area contributed by atoms with Gasteiger partial charge < -0.3 is 5.32 Å². The molecule has 18 heavy (non-hydrogen) atoms. The zero-order valence-electron chi connectivity index (χ0n) is 11.6. The molecule has 0 amide bonds. The minimum atomic E-state index is 0.833. The summed E-state index contributed by atoms with van der Waals surface area (Å²) >= 11 is 0. The van der Waals surface area contributed by atoms with E-state index in [4.69, 9.17) is 0 Å². The zero-order valence-corrected chi connectivity index (χ0v) is 11.6. The van der Waals surface area contributed by atoms with Crippen LogP contribution in [-0.2, 0) is 13.0 Å². The molecule has 1 unspecified atom stereocenters. The van der Waals surface area contributed by atoms with Crippen molar-refractivity contribution in [2.75, 3.05) is 25.0 Å². The number of hydrogen-bond acceptors (Lipinski definition) is 2. The van der Waals surface area contributed by atoms with E-state index in [1.165, 1.54) is 42.7 Å². The van der Waals surface area contributed by atoms with E-state index in [9.17, 15) is 0 Å². The lowest BCUT2D eigenvalue weighted by Gasteiger charge is -2.18. The van der Waals surface area contributed by atoms with Gasteiger partial charge in [-0.15, -0.1) is 0 Å². The van der Waals surface area contributed by atoms with E-state index >= 15 is 0 Å². The van der Waals surface area contributed by atoms with Crippen LogP contribution in [0, 0.1) is 11.8 Å². The lowest BCUT2D eigenvalue weighted by molar-refractivity contribution is 0.297. The molecule has 2 heteroatoms. The molecule has 1 fully saturated rings. The van der Waals surface area contributed by atoms with Crippen LogP contribution in [0.3, 0.4) is 0 Å². The maximum Gasteiger partial charge on any atom is 0.0373 e. The molecule has 98 valence electrons. The van der Waals surface area contributed by atoms with E-state index < -0.39 is 0 Å². The molecule has 0 radical (unpaired) electrons. The maximum atomic E-state index is 3.43. The number of nitrogens with zero attached hydrogens (tertiary/aromatic N) is 1. The Morgan fingerprint density at radius 3 is 3.06 bits per heavy atom. The molecule has 1 N–H and O–H groups in total. The van der Waals surface area contributed by atoms with E-state index in [-0.39, 0.29) is 0 Å². The van der Waals surface area contributed by atoms with Gasteiger partial charge >= 0.3 is 0 Å². The number of anilines is 1. The third-order valence-corrected chi connectivity index (χ3v) is 4.54. The quantitative estimate of drug-likeness (QED) is 0.879. The third-order valence-electron chi connectivity index (χ3n) is 4.54. The van der Waals surface area contributed by atoms with E-state index in [0.29, 0.717) is 0 Å². The molecule has 1 saturated heterocycles. The molecular formula is C16H24N2. The molecule has 2 heterocycles. The SMILES string of the molecule is CC(C)C1CCN(Cc2ccc3c(c2)CCN3)C1. The van der Waals surface area contributed by atoms with E-state index in [1.807, 2.05) is 0 Å². The van der Waals surface area contributed by atoms with Gasteiger partial charge in [0.25, 0.3) is 0 Å². The Balaban J connectivity index is 1.63. The second kappa shape index (κ2) is 4.93. The van der Waals surface area contributed by atoms with E-state index in [1.54, 1.807) is 0 Å². The average Bonchev–Trinajstić information content (AvgIpc) is 2.96. The normalized spacial score (nSPS) is 23.4. The molecule has 0 saturated carbocycles. The highest BCUT2D eigenvalue weighted by atomic mass is 15.1. The van der Waals surface area contributed by atoms with Crippen LogP contribution in [0.4, 0.5) is 5.69 Å². The van der Waals surface area contributed by atoms with E-state index in [0.717, 1.165) is 24.9 Å². The van der Waals surface area contributed by atoms with Crippen LogP contribution in [0.2, 0.25) is 0 Å². The van der Waals surface area contributed by atoms with Gasteiger partial charge in [0.05, 0.1) is 0 Å². The smallest absolute Gasteiger partial charge is 0.0373 e. The van der Waals surface area contributed by atoms with Gasteiger partial charge in [-0.25, -0.2) is 0 Å². The number of likely N-dealkylation sites (tertiary alicyclic amines) is 1. The summed E-state index contributed by atoms with van der Waals surface area (Å²) in [5, 5.41) is 3.43. The summed E-state index contributed by atoms with van der Waals surface area (Å²) in [6.45, 7) is 9.52. The van der Waals surface area contributed by atoms with Crippen LogP contribution >= 0.6 is 0 Å². The Labute approximate surface area is 110 Å². The van der Waals surface area contributed by atoms with Gasteiger partial charge in [-0.3, -0.25) is 4.90 Å². The lowest BCUT2D eigenvalue weighted by Crippen LogP contribution is -2.21. The molecule has 2 aliphatic heterocycles. The van der Waals surface area contributed by atoms with Crippen molar-refractivity contribution in [3.8, 4) is 0 Å². The zero-order chi connectivity index (χ0) is 12.5. The number of hydrogen-bond donors (Lipinski definition) is 1. The molecule has 0 bridgehead atoms. The molecule has 2 nitrogen and oxygen atoms in total. The predicted octanol–water partition coefficient (Wildman–Crippen LogP) is 3.13. The standard InChI is InChI=1S/C16H24N2/c1-12(2)15-6-8-18(11-15)10-13-3-4-16-14(9-13)5-7-17-16/h3-4,9,12,15,17H,5-8,10-11H2,1-2H3. The summed E-state index contributed by atoms with van der Waals surface area (Å²) < 4.78 is 0. The van der Waals surface area contributed by atoms with Crippen LogP contribution in [0.25, 0.3) is 0 Å². The third kappa shape index (κ3) is 2.39. The highest BCUT2D eigenvalue weighted by Gasteiger charge is 2.24. The first-order chi connectivity index (χ1) is 8.72. The number of nitrogens with one attached hydrogen (secondary N) is 1. The number of fused-ring (bicyclic) bond motifs is 1. The fourth-order valence-electron chi connectivity index (χ4n) is 3.27. The van der Waals surface area contributed by atoms with Gasteiger partial charge in [-0.05, 0) is 48.4 Å². The Hall–Kier alpha value is -1.02. The monoisotopic (exact) mass is 244 g/mol. The van der Waals surface area contributed by atoms with Gasteiger partial charge in [0.1, 0.15) is 0 Å². The summed E-state index contributed by atoms with van der Waals surface area (Å²) in [5.41, 5.74) is 4.34. The lowest BCUT2D eigenvalue weighted by atomic mass is 9.95. The Bertz CT molecular complexity index is 425.